The van der Waals surface area contributed by atoms with Gasteiger partial charge in [0.15, 0.2) is 0 Å². The van der Waals surface area contributed by atoms with Crippen LogP contribution >= 0.6 is 0 Å². The molecular weight excluding hydrogens is 306 g/mol. The molecule has 0 aromatic heterocycles. The fraction of sp³-hybridized carbons (Fsp3) is 0.588. The van der Waals surface area contributed by atoms with Crippen molar-refractivity contribution in [1.29, 1.82) is 0 Å². The molecule has 6 heteroatoms. The number of hydrogen-bond acceptors (Lipinski definition) is 4. The molecule has 23 heavy (non-hydrogen) atoms. The summed E-state index contributed by atoms with van der Waals surface area (Å²) in [6.07, 6.45) is 2.99. The molecule has 0 radical (unpaired) electrons. The number of aliphatic hydroxyl groups excluding tert-OH is 1. The fourth-order valence-corrected chi connectivity index (χ4v) is 2.66. The third-order valence-electron chi connectivity index (χ3n) is 3.95. The van der Waals surface area contributed by atoms with Gasteiger partial charge in [-0.05, 0) is 56.9 Å². The van der Waals surface area contributed by atoms with E-state index in [4.69, 9.17) is 4.74 Å². The van der Waals surface area contributed by atoms with E-state index in [9.17, 15) is 18.7 Å². The lowest BCUT2D eigenvalue weighted by molar-refractivity contribution is -0.178. The lowest BCUT2D eigenvalue weighted by atomic mass is 9.97. The Kier molecular flexibility index (Phi) is 5.93. The van der Waals surface area contributed by atoms with E-state index in [0.29, 0.717) is 5.75 Å². The van der Waals surface area contributed by atoms with Crippen LogP contribution in [0.5, 0.6) is 5.75 Å². The Morgan fingerprint density at radius 1 is 1.26 bits per heavy atom. The first kappa shape index (κ1) is 17.7. The highest BCUT2D eigenvalue weighted by atomic mass is 19.3. The van der Waals surface area contributed by atoms with Gasteiger partial charge in [0.05, 0.1) is 12.7 Å². The van der Waals surface area contributed by atoms with E-state index in [1.807, 2.05) is 0 Å². The lowest BCUT2D eigenvalue weighted by Gasteiger charge is -2.24. The van der Waals surface area contributed by atoms with Crippen LogP contribution in [0.4, 0.5) is 8.78 Å². The second-order valence-electron chi connectivity index (χ2n) is 5.68. The van der Waals surface area contributed by atoms with E-state index >= 15 is 0 Å². The predicted octanol–water partition coefficient (Wildman–Crippen LogP) is 3.41. The van der Waals surface area contributed by atoms with Gasteiger partial charge in [-0.2, -0.15) is 8.78 Å². The summed E-state index contributed by atoms with van der Waals surface area (Å²) in [4.78, 5) is 11.3. The van der Waals surface area contributed by atoms with Gasteiger partial charge in [-0.15, -0.1) is 0 Å². The minimum Gasteiger partial charge on any atom is -0.490 e. The van der Waals surface area contributed by atoms with Crippen molar-refractivity contribution in [3.63, 3.8) is 0 Å². The van der Waals surface area contributed by atoms with Gasteiger partial charge in [0, 0.05) is 5.56 Å². The monoisotopic (exact) mass is 328 g/mol. The number of aliphatic hydroxyl groups is 1. The van der Waals surface area contributed by atoms with Crippen LogP contribution in [0.2, 0.25) is 0 Å². The van der Waals surface area contributed by atoms with Crippen LogP contribution in [-0.4, -0.2) is 29.9 Å². The molecule has 1 aliphatic carbocycles. The zero-order valence-electron chi connectivity index (χ0n) is 13.1. The molecule has 0 heterocycles. The smallest absolute Gasteiger partial charge is 0.341 e. The van der Waals surface area contributed by atoms with E-state index in [1.54, 1.807) is 0 Å². The Balaban J connectivity index is 2.03. The summed E-state index contributed by atoms with van der Waals surface area (Å²) in [5.74, 6) is -4.53. The molecule has 1 unspecified atom stereocenters. The van der Waals surface area contributed by atoms with Crippen molar-refractivity contribution in [2.45, 2.75) is 57.2 Å². The molecule has 1 atom stereocenters. The number of rotatable bonds is 6. The van der Waals surface area contributed by atoms with Gasteiger partial charge >= 0.3 is 11.9 Å². The van der Waals surface area contributed by atoms with Gasteiger partial charge < -0.3 is 14.6 Å². The summed E-state index contributed by atoms with van der Waals surface area (Å²) < 4.78 is 38.5. The SMILES string of the molecule is CCOC(=O)C(O)C(F)(F)c1ccc(OC2CCCCC2)cc1. The molecule has 1 aromatic rings. The molecule has 0 saturated heterocycles. The van der Waals surface area contributed by atoms with Crippen molar-refractivity contribution in [2.75, 3.05) is 6.61 Å². The van der Waals surface area contributed by atoms with Crippen LogP contribution in [0.3, 0.4) is 0 Å². The molecule has 0 amide bonds. The predicted molar refractivity (Wildman–Crippen MR) is 80.5 cm³/mol. The first-order valence-corrected chi connectivity index (χ1v) is 7.95. The topological polar surface area (TPSA) is 55.8 Å². The lowest BCUT2D eigenvalue weighted by Crippen LogP contribution is -2.39. The summed E-state index contributed by atoms with van der Waals surface area (Å²) in [5.41, 5.74) is -0.450. The average molecular weight is 328 g/mol. The van der Waals surface area contributed by atoms with Crippen molar-refractivity contribution < 1.29 is 28.2 Å². The quantitative estimate of drug-likeness (QED) is 0.813. The minimum absolute atomic E-state index is 0.0693. The molecule has 1 aliphatic rings. The van der Waals surface area contributed by atoms with Gasteiger partial charge in [-0.1, -0.05) is 6.42 Å². The third-order valence-corrected chi connectivity index (χ3v) is 3.95. The molecule has 2 rings (SSSR count). The van der Waals surface area contributed by atoms with Crippen molar-refractivity contribution in [3.05, 3.63) is 29.8 Å². The summed E-state index contributed by atoms with van der Waals surface area (Å²) in [6, 6.07) is 5.21. The van der Waals surface area contributed by atoms with Crippen LogP contribution in [0.15, 0.2) is 24.3 Å². The first-order chi connectivity index (χ1) is 10.9. The maximum Gasteiger partial charge on any atom is 0.341 e. The van der Waals surface area contributed by atoms with E-state index in [1.165, 1.54) is 37.6 Å². The highest BCUT2D eigenvalue weighted by Gasteiger charge is 2.46. The maximum atomic E-state index is 14.1. The largest absolute Gasteiger partial charge is 0.490 e. The Morgan fingerprint density at radius 2 is 1.87 bits per heavy atom. The van der Waals surface area contributed by atoms with E-state index in [2.05, 4.69) is 4.74 Å². The number of carbonyl (C=O) groups excluding carboxylic acids is 1. The molecule has 4 nitrogen and oxygen atoms in total. The molecule has 1 N–H and O–H groups in total. The molecule has 1 aromatic carbocycles. The summed E-state index contributed by atoms with van der Waals surface area (Å²) in [5, 5.41) is 9.50. The number of benzene rings is 1. The molecule has 0 spiro atoms. The Morgan fingerprint density at radius 3 is 2.43 bits per heavy atom. The van der Waals surface area contributed by atoms with Gasteiger partial charge in [-0.3, -0.25) is 0 Å². The van der Waals surface area contributed by atoms with Crippen molar-refractivity contribution in [1.82, 2.24) is 0 Å². The molecular formula is C17H22F2O4. The number of alkyl halides is 2. The van der Waals surface area contributed by atoms with Crippen LogP contribution in [0.25, 0.3) is 0 Å². The molecule has 0 bridgehead atoms. The first-order valence-electron chi connectivity index (χ1n) is 7.95. The number of ether oxygens (including phenoxy) is 2. The molecule has 0 aliphatic heterocycles. The number of carbonyl (C=O) groups is 1. The van der Waals surface area contributed by atoms with Crippen LogP contribution in [0, 0.1) is 0 Å². The second kappa shape index (κ2) is 7.73. The van der Waals surface area contributed by atoms with Gasteiger partial charge in [-0.25, -0.2) is 4.79 Å². The van der Waals surface area contributed by atoms with Crippen molar-refractivity contribution in [2.24, 2.45) is 0 Å². The fourth-order valence-electron chi connectivity index (χ4n) is 2.66. The number of hydrogen-bond donors (Lipinski definition) is 1. The maximum absolute atomic E-state index is 14.1. The molecule has 128 valence electrons. The summed E-state index contributed by atoms with van der Waals surface area (Å²) in [7, 11) is 0. The zero-order chi connectivity index (χ0) is 16.9. The molecule has 1 fully saturated rings. The highest BCUT2D eigenvalue weighted by Crippen LogP contribution is 2.34. The number of halogens is 2. The van der Waals surface area contributed by atoms with Crippen molar-refractivity contribution in [3.8, 4) is 5.75 Å². The Bertz CT molecular complexity index is 510. The normalized spacial score (nSPS) is 17.6. The third kappa shape index (κ3) is 4.41. The van der Waals surface area contributed by atoms with E-state index < -0.39 is 23.6 Å². The van der Waals surface area contributed by atoms with Crippen LogP contribution in [-0.2, 0) is 15.5 Å². The van der Waals surface area contributed by atoms with Gasteiger partial charge in [0.1, 0.15) is 5.75 Å². The Labute approximate surface area is 134 Å². The van der Waals surface area contributed by atoms with Crippen LogP contribution < -0.4 is 4.74 Å². The zero-order valence-corrected chi connectivity index (χ0v) is 13.1. The number of esters is 1. The second-order valence-corrected chi connectivity index (χ2v) is 5.68. The summed E-state index contributed by atoms with van der Waals surface area (Å²) >= 11 is 0. The van der Waals surface area contributed by atoms with E-state index in [-0.39, 0.29) is 12.7 Å². The standard InChI is InChI=1S/C17H22F2O4/c1-2-22-16(21)15(20)17(18,19)12-8-10-14(11-9-12)23-13-6-4-3-5-7-13/h8-11,13,15,20H,2-7H2,1H3. The van der Waals surface area contributed by atoms with Gasteiger partial charge in [0.25, 0.3) is 0 Å². The minimum atomic E-state index is -3.71. The average Bonchev–Trinajstić information content (AvgIpc) is 2.56. The molecule has 1 saturated carbocycles. The van der Waals surface area contributed by atoms with E-state index in [0.717, 1.165) is 25.7 Å². The summed E-state index contributed by atoms with van der Waals surface area (Å²) in [6.45, 7) is 1.42. The highest BCUT2D eigenvalue weighted by molar-refractivity contribution is 5.76. The van der Waals surface area contributed by atoms with Gasteiger partial charge in [0.2, 0.25) is 6.10 Å². The van der Waals surface area contributed by atoms with Crippen LogP contribution in [0.1, 0.15) is 44.6 Å². The Hall–Kier alpha value is -1.69. The van der Waals surface area contributed by atoms with Crippen molar-refractivity contribution >= 4 is 5.97 Å².